The molecule has 1 aliphatic heterocycles. The zero-order valence-corrected chi connectivity index (χ0v) is 13.5. The van der Waals surface area contributed by atoms with Gasteiger partial charge in [-0.2, -0.15) is 0 Å². The van der Waals surface area contributed by atoms with Gasteiger partial charge in [0.1, 0.15) is 5.82 Å². The highest BCUT2D eigenvalue weighted by molar-refractivity contribution is 5.88. The van der Waals surface area contributed by atoms with Crippen molar-refractivity contribution in [3.8, 4) is 0 Å². The zero-order valence-electron chi connectivity index (χ0n) is 13.5. The van der Waals surface area contributed by atoms with Crippen LogP contribution in [0.3, 0.4) is 0 Å². The number of rotatable bonds is 3. The minimum atomic E-state index is -0.893. The highest BCUT2D eigenvalue weighted by Gasteiger charge is 2.28. The Morgan fingerprint density at radius 1 is 1.29 bits per heavy atom. The lowest BCUT2D eigenvalue weighted by molar-refractivity contribution is 0.0696. The van der Waals surface area contributed by atoms with Gasteiger partial charge in [0, 0.05) is 30.9 Å². The highest BCUT2D eigenvalue weighted by atomic mass is 16.4. The maximum absolute atomic E-state index is 11.3. The molecule has 1 fully saturated rings. The standard InChI is InChI=1S/C16H25N3O2/c1-10(2)14-6-13(16(20)21)7-15(17-14)19-8-11(3)18(5)12(4)9-19/h6-7,10-12H,8-9H2,1-5H3,(H,20,21). The molecule has 1 N–H and O–H groups in total. The van der Waals surface area contributed by atoms with Gasteiger partial charge in [-0.1, -0.05) is 13.8 Å². The number of hydrogen-bond acceptors (Lipinski definition) is 4. The fourth-order valence-corrected chi connectivity index (χ4v) is 2.71. The quantitative estimate of drug-likeness (QED) is 0.927. The van der Waals surface area contributed by atoms with E-state index in [0.717, 1.165) is 24.6 Å². The van der Waals surface area contributed by atoms with Crippen LogP contribution in [0.25, 0.3) is 0 Å². The number of carboxylic acid groups (broad SMARTS) is 1. The fourth-order valence-electron chi connectivity index (χ4n) is 2.71. The van der Waals surface area contributed by atoms with Crippen molar-refractivity contribution in [3.63, 3.8) is 0 Å². The molecule has 0 spiro atoms. The third kappa shape index (κ3) is 3.35. The van der Waals surface area contributed by atoms with E-state index in [1.165, 1.54) is 0 Å². The Morgan fingerprint density at radius 2 is 1.86 bits per heavy atom. The van der Waals surface area contributed by atoms with E-state index in [0.29, 0.717) is 17.6 Å². The van der Waals surface area contributed by atoms with Gasteiger partial charge in [-0.25, -0.2) is 9.78 Å². The Kier molecular flexibility index (Phi) is 4.52. The van der Waals surface area contributed by atoms with Gasteiger partial charge >= 0.3 is 5.97 Å². The Labute approximate surface area is 126 Å². The van der Waals surface area contributed by atoms with Crippen LogP contribution < -0.4 is 4.90 Å². The summed E-state index contributed by atoms with van der Waals surface area (Å²) in [7, 11) is 2.13. The minimum Gasteiger partial charge on any atom is -0.478 e. The number of likely N-dealkylation sites (N-methyl/N-ethyl adjacent to an activating group) is 1. The minimum absolute atomic E-state index is 0.213. The second-order valence-corrected chi connectivity index (χ2v) is 6.37. The van der Waals surface area contributed by atoms with Crippen LogP contribution in [0.1, 0.15) is 49.7 Å². The molecule has 2 unspecified atom stereocenters. The molecule has 21 heavy (non-hydrogen) atoms. The molecule has 1 aliphatic rings. The van der Waals surface area contributed by atoms with Crippen molar-refractivity contribution in [1.29, 1.82) is 0 Å². The second-order valence-electron chi connectivity index (χ2n) is 6.37. The normalized spacial score (nSPS) is 23.6. The molecule has 1 aromatic heterocycles. The summed E-state index contributed by atoms with van der Waals surface area (Å²) in [5, 5.41) is 9.31. The number of hydrogen-bond donors (Lipinski definition) is 1. The van der Waals surface area contributed by atoms with Gasteiger partial charge in [0.05, 0.1) is 5.56 Å². The summed E-state index contributed by atoms with van der Waals surface area (Å²) in [6.45, 7) is 10.2. The van der Waals surface area contributed by atoms with Crippen LogP contribution in [0.4, 0.5) is 5.82 Å². The van der Waals surface area contributed by atoms with E-state index < -0.39 is 5.97 Å². The summed E-state index contributed by atoms with van der Waals surface area (Å²) in [4.78, 5) is 20.6. The third-order valence-electron chi connectivity index (χ3n) is 4.35. The predicted octanol–water partition coefficient (Wildman–Crippen LogP) is 2.43. The third-order valence-corrected chi connectivity index (χ3v) is 4.35. The maximum Gasteiger partial charge on any atom is 0.335 e. The lowest BCUT2D eigenvalue weighted by Crippen LogP contribution is -2.55. The van der Waals surface area contributed by atoms with E-state index in [1.807, 2.05) is 13.8 Å². The molecular formula is C16H25N3O2. The number of nitrogens with zero attached hydrogens (tertiary/aromatic N) is 3. The molecule has 1 aromatic rings. The number of carboxylic acids is 1. The van der Waals surface area contributed by atoms with E-state index in [4.69, 9.17) is 0 Å². The molecule has 0 aromatic carbocycles. The van der Waals surface area contributed by atoms with Gasteiger partial charge in [-0.05, 0) is 38.9 Å². The van der Waals surface area contributed by atoms with E-state index in [-0.39, 0.29) is 5.92 Å². The predicted molar refractivity (Wildman–Crippen MR) is 84.2 cm³/mol. The van der Waals surface area contributed by atoms with Crippen LogP contribution >= 0.6 is 0 Å². The second kappa shape index (κ2) is 6.02. The van der Waals surface area contributed by atoms with Crippen molar-refractivity contribution < 1.29 is 9.90 Å². The van der Waals surface area contributed by atoms with Gasteiger partial charge in [-0.15, -0.1) is 0 Å². The SMILES string of the molecule is CC(C)c1cc(C(=O)O)cc(N2CC(C)N(C)C(C)C2)n1. The Hall–Kier alpha value is -1.62. The van der Waals surface area contributed by atoms with Crippen molar-refractivity contribution in [2.45, 2.75) is 45.7 Å². The average molecular weight is 291 g/mol. The fraction of sp³-hybridized carbons (Fsp3) is 0.625. The molecule has 0 aliphatic carbocycles. The first-order valence-electron chi connectivity index (χ1n) is 7.51. The largest absolute Gasteiger partial charge is 0.478 e. The molecule has 0 amide bonds. The molecule has 2 heterocycles. The maximum atomic E-state index is 11.3. The molecule has 2 atom stereocenters. The summed E-state index contributed by atoms with van der Waals surface area (Å²) in [6.07, 6.45) is 0. The highest BCUT2D eigenvalue weighted by Crippen LogP contribution is 2.24. The summed E-state index contributed by atoms with van der Waals surface area (Å²) in [5.74, 6) is 0.103. The van der Waals surface area contributed by atoms with Gasteiger partial charge in [0.25, 0.3) is 0 Å². The van der Waals surface area contributed by atoms with E-state index in [9.17, 15) is 9.90 Å². The topological polar surface area (TPSA) is 56.7 Å². The summed E-state index contributed by atoms with van der Waals surface area (Å²) < 4.78 is 0. The Morgan fingerprint density at radius 3 is 2.33 bits per heavy atom. The van der Waals surface area contributed by atoms with E-state index in [1.54, 1.807) is 12.1 Å². The molecule has 5 nitrogen and oxygen atoms in total. The van der Waals surface area contributed by atoms with Crippen molar-refractivity contribution in [2.75, 3.05) is 25.0 Å². The monoisotopic (exact) mass is 291 g/mol. The number of aromatic nitrogens is 1. The van der Waals surface area contributed by atoms with Gasteiger partial charge in [0.15, 0.2) is 0 Å². The first kappa shape index (κ1) is 15.8. The average Bonchev–Trinajstić information content (AvgIpc) is 2.43. The zero-order chi connectivity index (χ0) is 15.7. The van der Waals surface area contributed by atoms with Crippen LogP contribution in [-0.4, -0.2) is 53.2 Å². The summed E-state index contributed by atoms with van der Waals surface area (Å²) in [5.41, 5.74) is 1.16. The van der Waals surface area contributed by atoms with Crippen LogP contribution in [0.2, 0.25) is 0 Å². The molecule has 0 bridgehead atoms. The van der Waals surface area contributed by atoms with Gasteiger partial charge in [-0.3, -0.25) is 4.90 Å². The summed E-state index contributed by atoms with van der Waals surface area (Å²) in [6, 6.07) is 4.22. The van der Waals surface area contributed by atoms with Crippen molar-refractivity contribution in [3.05, 3.63) is 23.4 Å². The number of aromatic carboxylic acids is 1. The van der Waals surface area contributed by atoms with Gasteiger partial charge in [0.2, 0.25) is 0 Å². The molecule has 5 heteroatoms. The number of anilines is 1. The van der Waals surface area contributed by atoms with E-state index >= 15 is 0 Å². The molecule has 116 valence electrons. The molecular weight excluding hydrogens is 266 g/mol. The Balaban J connectivity index is 2.36. The molecule has 1 saturated heterocycles. The Bertz CT molecular complexity index is 518. The molecule has 0 saturated carbocycles. The van der Waals surface area contributed by atoms with Crippen molar-refractivity contribution in [2.24, 2.45) is 0 Å². The first-order valence-corrected chi connectivity index (χ1v) is 7.51. The number of piperazine rings is 1. The van der Waals surface area contributed by atoms with Crippen molar-refractivity contribution in [1.82, 2.24) is 9.88 Å². The molecule has 0 radical (unpaired) electrons. The lowest BCUT2D eigenvalue weighted by atomic mass is 10.1. The van der Waals surface area contributed by atoms with Gasteiger partial charge < -0.3 is 10.0 Å². The van der Waals surface area contributed by atoms with Crippen LogP contribution in [0, 0.1) is 0 Å². The first-order chi connectivity index (χ1) is 9.79. The number of pyridine rings is 1. The van der Waals surface area contributed by atoms with Crippen molar-refractivity contribution >= 4 is 11.8 Å². The lowest BCUT2D eigenvalue weighted by Gasteiger charge is -2.43. The smallest absolute Gasteiger partial charge is 0.335 e. The van der Waals surface area contributed by atoms with Crippen LogP contribution in [0.15, 0.2) is 12.1 Å². The van der Waals surface area contributed by atoms with Crippen LogP contribution in [0.5, 0.6) is 0 Å². The summed E-state index contributed by atoms with van der Waals surface area (Å²) >= 11 is 0. The number of carbonyl (C=O) groups is 1. The van der Waals surface area contributed by atoms with Crippen LogP contribution in [-0.2, 0) is 0 Å². The van der Waals surface area contributed by atoms with E-state index in [2.05, 4.69) is 35.7 Å². The molecule has 2 rings (SSSR count).